The number of carbonyl (C=O) groups is 2. The number of carboxylic acids is 2. The molecule has 2 rings (SSSR count). The molecule has 0 saturated carbocycles. The van der Waals surface area contributed by atoms with E-state index in [2.05, 4.69) is 0 Å². The molecular formula is C17H16O4. The Balaban J connectivity index is 2.27. The SMILES string of the molecule is Cc1ccccc1C(Cc1ccc(C(=O)O)cc1)C(=O)O. The average molecular weight is 284 g/mol. The quantitative estimate of drug-likeness (QED) is 0.884. The molecule has 0 saturated heterocycles. The van der Waals surface area contributed by atoms with Crippen LogP contribution in [0.3, 0.4) is 0 Å². The molecule has 4 heteroatoms. The smallest absolute Gasteiger partial charge is 0.335 e. The fraction of sp³-hybridized carbons (Fsp3) is 0.176. The van der Waals surface area contributed by atoms with Crippen molar-refractivity contribution < 1.29 is 19.8 Å². The van der Waals surface area contributed by atoms with Gasteiger partial charge in [0.15, 0.2) is 0 Å². The van der Waals surface area contributed by atoms with Crippen LogP contribution >= 0.6 is 0 Å². The van der Waals surface area contributed by atoms with Gasteiger partial charge in [0.1, 0.15) is 0 Å². The van der Waals surface area contributed by atoms with Crippen molar-refractivity contribution in [3.05, 3.63) is 70.8 Å². The lowest BCUT2D eigenvalue weighted by Crippen LogP contribution is -2.15. The first-order valence-corrected chi connectivity index (χ1v) is 6.59. The number of aliphatic carboxylic acids is 1. The number of benzene rings is 2. The van der Waals surface area contributed by atoms with Gasteiger partial charge in [-0.3, -0.25) is 4.79 Å². The maximum absolute atomic E-state index is 11.5. The molecule has 0 aliphatic carbocycles. The first-order chi connectivity index (χ1) is 9.99. The summed E-state index contributed by atoms with van der Waals surface area (Å²) >= 11 is 0. The molecule has 0 amide bonds. The Morgan fingerprint density at radius 1 is 1.00 bits per heavy atom. The molecule has 0 aromatic heterocycles. The van der Waals surface area contributed by atoms with Crippen LogP contribution in [0, 0.1) is 6.92 Å². The van der Waals surface area contributed by atoms with Gasteiger partial charge >= 0.3 is 11.9 Å². The zero-order valence-corrected chi connectivity index (χ0v) is 11.6. The summed E-state index contributed by atoms with van der Waals surface area (Å²) in [5.41, 5.74) is 2.72. The Bertz CT molecular complexity index is 659. The van der Waals surface area contributed by atoms with E-state index in [1.54, 1.807) is 12.1 Å². The molecule has 0 spiro atoms. The zero-order chi connectivity index (χ0) is 15.4. The van der Waals surface area contributed by atoms with Crippen molar-refractivity contribution in [2.45, 2.75) is 19.3 Å². The van der Waals surface area contributed by atoms with E-state index in [-0.39, 0.29) is 5.56 Å². The Hall–Kier alpha value is -2.62. The minimum Gasteiger partial charge on any atom is -0.481 e. The number of aromatic carboxylic acids is 1. The van der Waals surface area contributed by atoms with E-state index in [9.17, 15) is 14.7 Å². The molecular weight excluding hydrogens is 268 g/mol. The lowest BCUT2D eigenvalue weighted by Gasteiger charge is -2.15. The first kappa shape index (κ1) is 14.8. The molecule has 0 aliphatic rings. The van der Waals surface area contributed by atoms with Crippen LogP contribution < -0.4 is 0 Å². The molecule has 2 aromatic carbocycles. The lowest BCUT2D eigenvalue weighted by molar-refractivity contribution is -0.138. The Kier molecular flexibility index (Phi) is 4.38. The second-order valence-electron chi connectivity index (χ2n) is 4.95. The molecule has 21 heavy (non-hydrogen) atoms. The summed E-state index contributed by atoms with van der Waals surface area (Å²) in [6.07, 6.45) is 0.333. The van der Waals surface area contributed by atoms with Crippen LogP contribution in [0.5, 0.6) is 0 Å². The van der Waals surface area contributed by atoms with Gasteiger partial charge in [0.25, 0.3) is 0 Å². The van der Waals surface area contributed by atoms with E-state index in [0.29, 0.717) is 6.42 Å². The van der Waals surface area contributed by atoms with Gasteiger partial charge in [-0.2, -0.15) is 0 Å². The van der Waals surface area contributed by atoms with Crippen molar-refractivity contribution in [2.24, 2.45) is 0 Å². The number of rotatable bonds is 5. The Morgan fingerprint density at radius 3 is 2.14 bits per heavy atom. The summed E-state index contributed by atoms with van der Waals surface area (Å²) in [5, 5.41) is 18.3. The third-order valence-electron chi connectivity index (χ3n) is 3.50. The predicted octanol–water partition coefficient (Wildman–Crippen LogP) is 3.10. The van der Waals surface area contributed by atoms with Crippen LogP contribution in [-0.4, -0.2) is 22.2 Å². The highest BCUT2D eigenvalue weighted by molar-refractivity contribution is 5.87. The third kappa shape index (κ3) is 3.48. The molecule has 0 aliphatic heterocycles. The van der Waals surface area contributed by atoms with Gasteiger partial charge in [-0.1, -0.05) is 36.4 Å². The fourth-order valence-corrected chi connectivity index (χ4v) is 2.33. The molecule has 0 bridgehead atoms. The van der Waals surface area contributed by atoms with Crippen LogP contribution in [0.2, 0.25) is 0 Å². The number of aryl methyl sites for hydroxylation is 1. The monoisotopic (exact) mass is 284 g/mol. The van der Waals surface area contributed by atoms with Crippen molar-refractivity contribution in [3.8, 4) is 0 Å². The number of hydrogen-bond donors (Lipinski definition) is 2. The van der Waals surface area contributed by atoms with E-state index in [0.717, 1.165) is 16.7 Å². The van der Waals surface area contributed by atoms with Crippen LogP contribution in [-0.2, 0) is 11.2 Å². The molecule has 0 radical (unpaired) electrons. The minimum atomic E-state index is -0.991. The first-order valence-electron chi connectivity index (χ1n) is 6.59. The highest BCUT2D eigenvalue weighted by atomic mass is 16.4. The van der Waals surface area contributed by atoms with Gasteiger partial charge in [0, 0.05) is 0 Å². The van der Waals surface area contributed by atoms with Crippen LogP contribution in [0.25, 0.3) is 0 Å². The van der Waals surface area contributed by atoms with Crippen LogP contribution in [0.4, 0.5) is 0 Å². The van der Waals surface area contributed by atoms with Crippen molar-refractivity contribution in [3.63, 3.8) is 0 Å². The van der Waals surface area contributed by atoms with Gasteiger partial charge in [0.2, 0.25) is 0 Å². The zero-order valence-electron chi connectivity index (χ0n) is 11.6. The highest BCUT2D eigenvalue weighted by Gasteiger charge is 2.21. The average Bonchev–Trinajstić information content (AvgIpc) is 2.46. The molecule has 2 aromatic rings. The number of carboxylic acid groups (broad SMARTS) is 2. The summed E-state index contributed by atoms with van der Waals surface area (Å²) < 4.78 is 0. The predicted molar refractivity (Wildman–Crippen MR) is 78.7 cm³/mol. The van der Waals surface area contributed by atoms with Gasteiger partial charge in [-0.15, -0.1) is 0 Å². The summed E-state index contributed by atoms with van der Waals surface area (Å²) in [6, 6.07) is 13.7. The molecule has 0 heterocycles. The summed E-state index contributed by atoms with van der Waals surface area (Å²) in [5.74, 6) is -2.51. The van der Waals surface area contributed by atoms with Crippen LogP contribution in [0.15, 0.2) is 48.5 Å². The van der Waals surface area contributed by atoms with Crippen molar-refractivity contribution in [1.29, 1.82) is 0 Å². The summed E-state index contributed by atoms with van der Waals surface area (Å²) in [6.45, 7) is 1.89. The van der Waals surface area contributed by atoms with Gasteiger partial charge < -0.3 is 10.2 Å². The van der Waals surface area contributed by atoms with E-state index in [1.807, 2.05) is 31.2 Å². The highest BCUT2D eigenvalue weighted by Crippen LogP contribution is 2.24. The van der Waals surface area contributed by atoms with Gasteiger partial charge in [0.05, 0.1) is 11.5 Å². The van der Waals surface area contributed by atoms with E-state index < -0.39 is 17.9 Å². The molecule has 1 unspecified atom stereocenters. The normalized spacial score (nSPS) is 11.9. The van der Waals surface area contributed by atoms with Crippen LogP contribution in [0.1, 0.15) is 33.0 Å². The topological polar surface area (TPSA) is 74.6 Å². The minimum absolute atomic E-state index is 0.196. The van der Waals surface area contributed by atoms with Gasteiger partial charge in [-0.05, 0) is 42.2 Å². The maximum atomic E-state index is 11.5. The second-order valence-corrected chi connectivity index (χ2v) is 4.95. The molecule has 1 atom stereocenters. The third-order valence-corrected chi connectivity index (χ3v) is 3.50. The largest absolute Gasteiger partial charge is 0.481 e. The van der Waals surface area contributed by atoms with Crippen molar-refractivity contribution in [1.82, 2.24) is 0 Å². The van der Waals surface area contributed by atoms with E-state index in [1.165, 1.54) is 12.1 Å². The van der Waals surface area contributed by atoms with Crippen molar-refractivity contribution in [2.75, 3.05) is 0 Å². The summed E-state index contributed by atoms with van der Waals surface area (Å²) in [7, 11) is 0. The maximum Gasteiger partial charge on any atom is 0.335 e. The molecule has 108 valence electrons. The van der Waals surface area contributed by atoms with E-state index in [4.69, 9.17) is 5.11 Å². The Labute approximate surface area is 122 Å². The Morgan fingerprint density at radius 2 is 1.62 bits per heavy atom. The van der Waals surface area contributed by atoms with Gasteiger partial charge in [-0.25, -0.2) is 4.79 Å². The number of hydrogen-bond acceptors (Lipinski definition) is 2. The summed E-state index contributed by atoms with van der Waals surface area (Å²) in [4.78, 5) is 22.4. The molecule has 0 fully saturated rings. The van der Waals surface area contributed by atoms with E-state index >= 15 is 0 Å². The lowest BCUT2D eigenvalue weighted by atomic mass is 9.89. The second kappa shape index (κ2) is 6.22. The molecule has 4 nitrogen and oxygen atoms in total. The fourth-order valence-electron chi connectivity index (χ4n) is 2.33. The molecule has 2 N–H and O–H groups in total. The standard InChI is InChI=1S/C17H16O4/c1-11-4-2-3-5-14(11)15(17(20)21)10-12-6-8-13(9-7-12)16(18)19/h2-9,15H,10H2,1H3,(H,18,19)(H,20,21). The van der Waals surface area contributed by atoms with Crippen molar-refractivity contribution >= 4 is 11.9 Å².